The zero-order chi connectivity index (χ0) is 15.1. The highest BCUT2D eigenvalue weighted by atomic mass is 16.5. The molecule has 0 aliphatic rings. The van der Waals surface area contributed by atoms with Gasteiger partial charge >= 0.3 is 11.9 Å². The number of carbonyl (C=O) groups is 2. The number of phenolic OH excluding ortho intramolecular Hbond substituents is 1. The molecule has 110 valence electrons. The predicted octanol–water partition coefficient (Wildman–Crippen LogP) is 2.26. The zero-order valence-electron chi connectivity index (χ0n) is 12.1. The fourth-order valence-corrected chi connectivity index (χ4v) is 1.89. The van der Waals surface area contributed by atoms with E-state index in [-0.39, 0.29) is 24.3 Å². The molecular weight excluding hydrogens is 260 g/mol. The van der Waals surface area contributed by atoms with E-state index >= 15 is 0 Å². The number of phenols is 1. The van der Waals surface area contributed by atoms with E-state index in [1.807, 2.05) is 13.0 Å². The topological polar surface area (TPSA) is 72.8 Å². The number of aromatic hydroxyl groups is 1. The van der Waals surface area contributed by atoms with Gasteiger partial charge in [-0.1, -0.05) is 11.6 Å². The van der Waals surface area contributed by atoms with Gasteiger partial charge in [0.25, 0.3) is 0 Å². The van der Waals surface area contributed by atoms with Gasteiger partial charge in [-0.15, -0.1) is 0 Å². The van der Waals surface area contributed by atoms with Crippen molar-refractivity contribution in [2.75, 3.05) is 6.61 Å². The number of rotatable bonds is 6. The SMILES string of the molecule is CC(=O)OCCCc1cc(C)cc(COC(C)=O)c1O. The lowest BCUT2D eigenvalue weighted by molar-refractivity contribution is -0.142. The normalized spacial score (nSPS) is 10.2. The van der Waals surface area contributed by atoms with Crippen LogP contribution in [0, 0.1) is 6.92 Å². The van der Waals surface area contributed by atoms with E-state index in [9.17, 15) is 14.7 Å². The summed E-state index contributed by atoms with van der Waals surface area (Å²) in [7, 11) is 0. The van der Waals surface area contributed by atoms with E-state index in [2.05, 4.69) is 0 Å². The van der Waals surface area contributed by atoms with Crippen molar-refractivity contribution in [3.63, 3.8) is 0 Å². The Kier molecular flexibility index (Phi) is 6.03. The standard InChI is InChI=1S/C15H20O5/c1-10-7-13(5-4-6-19-11(2)16)15(18)14(8-10)9-20-12(3)17/h7-8,18H,4-6,9H2,1-3H3. The monoisotopic (exact) mass is 280 g/mol. The van der Waals surface area contributed by atoms with Gasteiger partial charge in [0.05, 0.1) is 6.61 Å². The van der Waals surface area contributed by atoms with Crippen LogP contribution in [-0.2, 0) is 32.1 Å². The van der Waals surface area contributed by atoms with Crippen molar-refractivity contribution in [2.24, 2.45) is 0 Å². The maximum Gasteiger partial charge on any atom is 0.302 e. The third kappa shape index (κ3) is 5.30. The third-order valence-corrected chi connectivity index (χ3v) is 2.74. The second-order valence-corrected chi connectivity index (χ2v) is 4.66. The number of carbonyl (C=O) groups excluding carboxylic acids is 2. The molecule has 0 spiro atoms. The van der Waals surface area contributed by atoms with Gasteiger partial charge in [0, 0.05) is 19.4 Å². The lowest BCUT2D eigenvalue weighted by Crippen LogP contribution is -2.03. The van der Waals surface area contributed by atoms with Crippen LogP contribution in [0.3, 0.4) is 0 Å². The van der Waals surface area contributed by atoms with Crippen LogP contribution in [0.25, 0.3) is 0 Å². The molecule has 0 radical (unpaired) electrons. The molecule has 0 saturated heterocycles. The number of benzene rings is 1. The van der Waals surface area contributed by atoms with Gasteiger partial charge in [-0.3, -0.25) is 9.59 Å². The molecule has 1 N–H and O–H groups in total. The Labute approximate surface area is 118 Å². The largest absolute Gasteiger partial charge is 0.507 e. The van der Waals surface area contributed by atoms with E-state index < -0.39 is 0 Å². The minimum absolute atomic E-state index is 0.0553. The molecule has 20 heavy (non-hydrogen) atoms. The van der Waals surface area contributed by atoms with E-state index in [0.717, 1.165) is 11.1 Å². The molecule has 0 unspecified atom stereocenters. The van der Waals surface area contributed by atoms with Crippen molar-refractivity contribution in [3.8, 4) is 5.75 Å². The molecule has 5 nitrogen and oxygen atoms in total. The number of hydrogen-bond acceptors (Lipinski definition) is 5. The molecule has 0 amide bonds. The van der Waals surface area contributed by atoms with E-state index in [0.29, 0.717) is 25.0 Å². The predicted molar refractivity (Wildman–Crippen MR) is 73.3 cm³/mol. The zero-order valence-corrected chi connectivity index (χ0v) is 12.1. The molecule has 0 aliphatic heterocycles. The summed E-state index contributed by atoms with van der Waals surface area (Å²) >= 11 is 0. The van der Waals surface area contributed by atoms with Gasteiger partial charge in [0.1, 0.15) is 12.4 Å². The second kappa shape index (κ2) is 7.53. The van der Waals surface area contributed by atoms with Crippen LogP contribution >= 0.6 is 0 Å². The summed E-state index contributed by atoms with van der Waals surface area (Å²) in [5, 5.41) is 10.1. The lowest BCUT2D eigenvalue weighted by Gasteiger charge is -2.11. The molecular formula is C15H20O5. The lowest BCUT2D eigenvalue weighted by atomic mass is 10.0. The molecule has 1 rings (SSSR count). The average molecular weight is 280 g/mol. The van der Waals surface area contributed by atoms with Crippen LogP contribution in [0.5, 0.6) is 5.75 Å². The number of ether oxygens (including phenoxy) is 2. The Hall–Kier alpha value is -2.04. The highest BCUT2D eigenvalue weighted by Gasteiger charge is 2.10. The molecule has 0 aliphatic carbocycles. The summed E-state index contributed by atoms with van der Waals surface area (Å²) in [6.07, 6.45) is 1.22. The van der Waals surface area contributed by atoms with Crippen molar-refractivity contribution in [2.45, 2.75) is 40.2 Å². The van der Waals surface area contributed by atoms with Crippen LogP contribution in [0.15, 0.2) is 12.1 Å². The van der Waals surface area contributed by atoms with Crippen molar-refractivity contribution < 1.29 is 24.2 Å². The van der Waals surface area contributed by atoms with Crippen molar-refractivity contribution >= 4 is 11.9 Å². The summed E-state index contributed by atoms with van der Waals surface area (Å²) in [6, 6.07) is 3.66. The van der Waals surface area contributed by atoms with Crippen LogP contribution in [0.2, 0.25) is 0 Å². The van der Waals surface area contributed by atoms with Crippen molar-refractivity contribution in [1.29, 1.82) is 0 Å². The first kappa shape index (κ1) is 16.0. The first-order valence-electron chi connectivity index (χ1n) is 6.48. The fraction of sp³-hybridized carbons (Fsp3) is 0.467. The summed E-state index contributed by atoms with van der Waals surface area (Å²) in [6.45, 7) is 4.97. The minimum Gasteiger partial charge on any atom is -0.507 e. The molecule has 0 bridgehead atoms. The highest BCUT2D eigenvalue weighted by molar-refractivity contribution is 5.66. The van der Waals surface area contributed by atoms with Gasteiger partial charge in [-0.25, -0.2) is 0 Å². The Morgan fingerprint density at radius 1 is 1.10 bits per heavy atom. The van der Waals surface area contributed by atoms with Gasteiger partial charge < -0.3 is 14.6 Å². The summed E-state index contributed by atoms with van der Waals surface area (Å²) in [5.74, 6) is -0.559. The Morgan fingerprint density at radius 3 is 2.30 bits per heavy atom. The first-order chi connectivity index (χ1) is 9.40. The van der Waals surface area contributed by atoms with Gasteiger partial charge in [0.15, 0.2) is 0 Å². The highest BCUT2D eigenvalue weighted by Crippen LogP contribution is 2.26. The van der Waals surface area contributed by atoms with Gasteiger partial charge in [-0.2, -0.15) is 0 Å². The van der Waals surface area contributed by atoms with Gasteiger partial charge in [0.2, 0.25) is 0 Å². The van der Waals surface area contributed by atoms with Crippen molar-refractivity contribution in [1.82, 2.24) is 0 Å². The molecule has 1 aromatic rings. The smallest absolute Gasteiger partial charge is 0.302 e. The van der Waals surface area contributed by atoms with Crippen LogP contribution < -0.4 is 0 Å². The Balaban J connectivity index is 2.70. The second-order valence-electron chi connectivity index (χ2n) is 4.66. The molecule has 0 atom stereocenters. The van der Waals surface area contributed by atoms with E-state index in [1.165, 1.54) is 13.8 Å². The molecule has 0 fully saturated rings. The van der Waals surface area contributed by atoms with Crippen LogP contribution in [0.4, 0.5) is 0 Å². The maximum absolute atomic E-state index is 10.8. The van der Waals surface area contributed by atoms with Crippen LogP contribution in [-0.4, -0.2) is 23.7 Å². The molecule has 0 aromatic heterocycles. The first-order valence-corrected chi connectivity index (χ1v) is 6.48. The summed E-state index contributed by atoms with van der Waals surface area (Å²) in [5.41, 5.74) is 2.33. The molecule has 1 aromatic carbocycles. The van der Waals surface area contributed by atoms with Gasteiger partial charge in [-0.05, 0) is 31.4 Å². The summed E-state index contributed by atoms with van der Waals surface area (Å²) < 4.78 is 9.76. The maximum atomic E-state index is 10.8. The average Bonchev–Trinajstić information content (AvgIpc) is 2.35. The molecule has 0 saturated carbocycles. The number of hydrogen-bond donors (Lipinski definition) is 1. The Morgan fingerprint density at radius 2 is 1.70 bits per heavy atom. The number of esters is 2. The minimum atomic E-state index is -0.387. The summed E-state index contributed by atoms with van der Waals surface area (Å²) in [4.78, 5) is 21.5. The van der Waals surface area contributed by atoms with Crippen molar-refractivity contribution in [3.05, 3.63) is 28.8 Å². The molecule has 0 heterocycles. The third-order valence-electron chi connectivity index (χ3n) is 2.74. The fourth-order valence-electron chi connectivity index (χ4n) is 1.89. The molecule has 5 heteroatoms. The van der Waals surface area contributed by atoms with E-state index in [4.69, 9.17) is 9.47 Å². The Bertz CT molecular complexity index is 493. The quantitative estimate of drug-likeness (QED) is 0.639. The van der Waals surface area contributed by atoms with Crippen LogP contribution in [0.1, 0.15) is 37.0 Å². The number of aryl methyl sites for hydroxylation is 2. The van der Waals surface area contributed by atoms with E-state index in [1.54, 1.807) is 6.07 Å².